The Morgan fingerprint density at radius 3 is 2.23 bits per heavy atom. The summed E-state index contributed by atoms with van der Waals surface area (Å²) in [6.45, 7) is 0. The number of imidazole rings is 1. The van der Waals surface area contributed by atoms with Gasteiger partial charge in [-0.1, -0.05) is 60.7 Å². The molecule has 0 aliphatic rings. The molecular formula is C30H17N3O2. The van der Waals surface area contributed by atoms with E-state index >= 15 is 0 Å². The van der Waals surface area contributed by atoms with Crippen LogP contribution in [-0.4, -0.2) is 14.4 Å². The van der Waals surface area contributed by atoms with Gasteiger partial charge in [0, 0.05) is 45.9 Å². The minimum absolute atomic E-state index is 0.827. The highest BCUT2D eigenvalue weighted by Crippen LogP contribution is 2.44. The lowest BCUT2D eigenvalue weighted by Crippen LogP contribution is -1.82. The van der Waals surface area contributed by atoms with Gasteiger partial charge in [0.1, 0.15) is 22.3 Å². The standard InChI is InChI=1S/C30H17N3O2/c1-3-7-25-20(5-1)23-15-22(29-28(30(23)34-25)21-6-2-4-8-26(21)35-29)18-9-11-19(12-10-18)24-17-33-14-13-31-16-27(33)32-24/h1-17H. The summed E-state index contributed by atoms with van der Waals surface area (Å²) < 4.78 is 14.7. The monoisotopic (exact) mass is 451 g/mol. The Morgan fingerprint density at radius 2 is 1.40 bits per heavy atom. The van der Waals surface area contributed by atoms with E-state index in [2.05, 4.69) is 47.4 Å². The highest BCUT2D eigenvalue weighted by Gasteiger charge is 2.20. The fraction of sp³-hybridized carbons (Fsp3) is 0. The average molecular weight is 451 g/mol. The molecule has 4 heterocycles. The third-order valence-corrected chi connectivity index (χ3v) is 6.75. The number of furan rings is 2. The van der Waals surface area contributed by atoms with Crippen molar-refractivity contribution in [2.24, 2.45) is 0 Å². The van der Waals surface area contributed by atoms with Crippen LogP contribution in [0.1, 0.15) is 0 Å². The lowest BCUT2D eigenvalue weighted by atomic mass is 9.97. The molecule has 5 heteroatoms. The summed E-state index contributed by atoms with van der Waals surface area (Å²) in [5, 5.41) is 4.27. The van der Waals surface area contributed by atoms with Crippen molar-refractivity contribution in [3.05, 3.63) is 104 Å². The molecule has 0 amide bonds. The zero-order chi connectivity index (χ0) is 22.9. The van der Waals surface area contributed by atoms with Crippen LogP contribution in [0.15, 0.2) is 112 Å². The number of para-hydroxylation sites is 2. The molecule has 8 aromatic rings. The van der Waals surface area contributed by atoms with Crippen molar-refractivity contribution < 1.29 is 8.83 Å². The highest BCUT2D eigenvalue weighted by atomic mass is 16.3. The molecule has 0 aliphatic heterocycles. The molecule has 164 valence electrons. The molecular weight excluding hydrogens is 434 g/mol. The molecule has 0 unspecified atom stereocenters. The van der Waals surface area contributed by atoms with Gasteiger partial charge in [0.25, 0.3) is 0 Å². The van der Waals surface area contributed by atoms with Gasteiger partial charge in [0.15, 0.2) is 5.65 Å². The van der Waals surface area contributed by atoms with Crippen LogP contribution in [0.5, 0.6) is 0 Å². The molecule has 4 aromatic heterocycles. The topological polar surface area (TPSA) is 56.5 Å². The molecule has 0 aliphatic carbocycles. The molecule has 8 rings (SSSR count). The molecule has 5 nitrogen and oxygen atoms in total. The SMILES string of the molecule is c1ccc2c(c1)oc1c2cc(-c2ccc(-c3cn4ccncc4n3)cc2)c2oc3ccccc3c21. The van der Waals surface area contributed by atoms with Crippen molar-refractivity contribution in [2.45, 2.75) is 0 Å². The molecule has 0 radical (unpaired) electrons. The first kappa shape index (κ1) is 18.5. The second-order valence-electron chi connectivity index (χ2n) is 8.75. The summed E-state index contributed by atoms with van der Waals surface area (Å²) in [5.74, 6) is 0. The van der Waals surface area contributed by atoms with Crippen LogP contribution < -0.4 is 0 Å². The van der Waals surface area contributed by atoms with Crippen LogP contribution in [0.2, 0.25) is 0 Å². The summed E-state index contributed by atoms with van der Waals surface area (Å²) in [6, 6.07) is 27.0. The second-order valence-corrected chi connectivity index (χ2v) is 8.75. The molecule has 4 aromatic carbocycles. The quantitative estimate of drug-likeness (QED) is 0.268. The summed E-state index contributed by atoms with van der Waals surface area (Å²) in [7, 11) is 0. The molecule has 0 atom stereocenters. The van der Waals surface area contributed by atoms with Crippen LogP contribution in [0.4, 0.5) is 0 Å². The Bertz CT molecular complexity index is 2030. The Labute approximate surface area is 198 Å². The lowest BCUT2D eigenvalue weighted by molar-refractivity contribution is 0.663. The van der Waals surface area contributed by atoms with Gasteiger partial charge < -0.3 is 13.2 Å². The zero-order valence-electron chi connectivity index (χ0n) is 18.5. The maximum absolute atomic E-state index is 6.41. The number of hydrogen-bond acceptors (Lipinski definition) is 4. The third-order valence-electron chi connectivity index (χ3n) is 6.75. The summed E-state index contributed by atoms with van der Waals surface area (Å²) >= 11 is 0. The minimum Gasteiger partial charge on any atom is -0.455 e. The van der Waals surface area contributed by atoms with Gasteiger partial charge in [-0.3, -0.25) is 4.98 Å². The number of benzene rings is 4. The van der Waals surface area contributed by atoms with Gasteiger partial charge in [-0.25, -0.2) is 4.98 Å². The Morgan fingerprint density at radius 1 is 0.686 bits per heavy atom. The maximum atomic E-state index is 6.41. The lowest BCUT2D eigenvalue weighted by Gasteiger charge is -2.05. The fourth-order valence-electron chi connectivity index (χ4n) is 5.08. The van der Waals surface area contributed by atoms with Crippen LogP contribution in [0.3, 0.4) is 0 Å². The van der Waals surface area contributed by atoms with E-state index in [1.807, 2.05) is 53.2 Å². The third kappa shape index (κ3) is 2.63. The average Bonchev–Trinajstić information content (AvgIpc) is 3.61. The van der Waals surface area contributed by atoms with E-state index in [-0.39, 0.29) is 0 Å². The number of rotatable bonds is 2. The Hall–Kier alpha value is -4.90. The number of aromatic nitrogens is 3. The molecule has 35 heavy (non-hydrogen) atoms. The van der Waals surface area contributed by atoms with E-state index in [1.54, 1.807) is 12.4 Å². The first-order valence-corrected chi connectivity index (χ1v) is 11.5. The molecule has 0 bridgehead atoms. The van der Waals surface area contributed by atoms with E-state index in [9.17, 15) is 0 Å². The van der Waals surface area contributed by atoms with Gasteiger partial charge in [0.05, 0.1) is 17.3 Å². The van der Waals surface area contributed by atoms with E-state index in [1.165, 1.54) is 0 Å². The van der Waals surface area contributed by atoms with Gasteiger partial charge in [-0.2, -0.15) is 0 Å². The first-order chi connectivity index (χ1) is 17.3. The van der Waals surface area contributed by atoms with Gasteiger partial charge in [0.2, 0.25) is 0 Å². The van der Waals surface area contributed by atoms with E-state index < -0.39 is 0 Å². The van der Waals surface area contributed by atoms with E-state index in [0.29, 0.717) is 0 Å². The Kier molecular flexibility index (Phi) is 3.60. The largest absolute Gasteiger partial charge is 0.455 e. The van der Waals surface area contributed by atoms with Crippen molar-refractivity contribution in [1.82, 2.24) is 14.4 Å². The fourth-order valence-corrected chi connectivity index (χ4v) is 5.08. The summed E-state index contributed by atoms with van der Waals surface area (Å²) in [6.07, 6.45) is 7.45. The van der Waals surface area contributed by atoms with Gasteiger partial charge >= 0.3 is 0 Å². The first-order valence-electron chi connectivity index (χ1n) is 11.5. The Balaban J connectivity index is 1.38. The second kappa shape index (κ2) is 6.81. The van der Waals surface area contributed by atoms with Gasteiger partial charge in [-0.05, 0) is 23.8 Å². The smallest absolute Gasteiger partial charge is 0.155 e. The summed E-state index contributed by atoms with van der Waals surface area (Å²) in [5.41, 5.74) is 8.34. The van der Waals surface area contributed by atoms with Crippen LogP contribution >= 0.6 is 0 Å². The van der Waals surface area contributed by atoms with Crippen molar-refractivity contribution in [3.8, 4) is 22.4 Å². The highest BCUT2D eigenvalue weighted by molar-refractivity contribution is 6.25. The predicted octanol–water partition coefficient (Wildman–Crippen LogP) is 7.86. The number of fused-ring (bicyclic) bond motifs is 8. The van der Waals surface area contributed by atoms with E-state index in [4.69, 9.17) is 13.8 Å². The normalized spacial score (nSPS) is 12.0. The van der Waals surface area contributed by atoms with Crippen molar-refractivity contribution in [3.63, 3.8) is 0 Å². The molecule has 0 saturated carbocycles. The van der Waals surface area contributed by atoms with Crippen LogP contribution in [0, 0.1) is 0 Å². The van der Waals surface area contributed by atoms with Crippen molar-refractivity contribution >= 4 is 49.5 Å². The summed E-state index contributed by atoms with van der Waals surface area (Å²) in [4.78, 5) is 8.86. The van der Waals surface area contributed by atoms with E-state index in [0.717, 1.165) is 71.9 Å². The van der Waals surface area contributed by atoms with Crippen LogP contribution in [-0.2, 0) is 0 Å². The molecule has 0 saturated heterocycles. The molecule has 0 fully saturated rings. The number of nitrogens with zero attached hydrogens (tertiary/aromatic N) is 3. The molecule has 0 spiro atoms. The van der Waals surface area contributed by atoms with Crippen LogP contribution in [0.25, 0.3) is 71.9 Å². The maximum Gasteiger partial charge on any atom is 0.155 e. The van der Waals surface area contributed by atoms with Crippen molar-refractivity contribution in [1.29, 1.82) is 0 Å². The predicted molar refractivity (Wildman–Crippen MR) is 138 cm³/mol. The zero-order valence-corrected chi connectivity index (χ0v) is 18.5. The minimum atomic E-state index is 0.827. The number of hydrogen-bond donors (Lipinski definition) is 0. The van der Waals surface area contributed by atoms with Crippen molar-refractivity contribution in [2.75, 3.05) is 0 Å². The van der Waals surface area contributed by atoms with Gasteiger partial charge in [-0.15, -0.1) is 0 Å². The molecule has 0 N–H and O–H groups in total.